The topological polar surface area (TPSA) is 46.2 Å². The summed E-state index contributed by atoms with van der Waals surface area (Å²) in [7, 11) is -3.57. The predicted molar refractivity (Wildman–Crippen MR) is 94.0 cm³/mol. The minimum Gasteiger partial charge on any atom is -0.283 e. The number of hydrogen-bond acceptors (Lipinski definition) is 2. The minimum atomic E-state index is -3.57. The zero-order valence-electron chi connectivity index (χ0n) is 12.9. The van der Waals surface area contributed by atoms with Crippen LogP contribution in [0.4, 0.5) is 10.1 Å². The third-order valence-corrected chi connectivity index (χ3v) is 5.66. The van der Waals surface area contributed by atoms with Crippen LogP contribution in [0.1, 0.15) is 16.7 Å². The lowest BCUT2D eigenvalue weighted by Gasteiger charge is -2.12. The molecule has 0 aliphatic heterocycles. The summed E-state index contributed by atoms with van der Waals surface area (Å²) in [5.74, 6) is -0.562. The van der Waals surface area contributed by atoms with E-state index in [0.717, 1.165) is 18.2 Å². The van der Waals surface area contributed by atoms with Crippen molar-refractivity contribution in [2.24, 2.45) is 0 Å². The van der Waals surface area contributed by atoms with E-state index in [9.17, 15) is 12.8 Å². The van der Waals surface area contributed by atoms with Crippen molar-refractivity contribution in [3.8, 4) is 0 Å². The van der Waals surface area contributed by atoms with Gasteiger partial charge < -0.3 is 0 Å². The van der Waals surface area contributed by atoms with Crippen molar-refractivity contribution < 1.29 is 12.8 Å². The summed E-state index contributed by atoms with van der Waals surface area (Å²) in [6.07, 6.45) is 2.00. The van der Waals surface area contributed by atoms with Crippen molar-refractivity contribution in [2.75, 3.05) is 4.72 Å². The van der Waals surface area contributed by atoms with Crippen molar-refractivity contribution >= 4 is 26.5 Å². The standard InChI is InChI=1S/C19H16FNO2S/c20-16-9-4-13(5-10-16)12-24(22,23)21-18-11-8-15-7-6-14-2-1-3-17(18)19(14)15/h1-5,8-11,21H,6-7,12H2. The van der Waals surface area contributed by atoms with E-state index in [2.05, 4.69) is 10.8 Å². The molecule has 1 aliphatic carbocycles. The van der Waals surface area contributed by atoms with Gasteiger partial charge in [0.2, 0.25) is 10.0 Å². The van der Waals surface area contributed by atoms with Crippen LogP contribution in [-0.4, -0.2) is 8.42 Å². The van der Waals surface area contributed by atoms with Crippen molar-refractivity contribution in [1.29, 1.82) is 0 Å². The highest BCUT2D eigenvalue weighted by molar-refractivity contribution is 7.91. The van der Waals surface area contributed by atoms with Crippen LogP contribution < -0.4 is 4.72 Å². The Morgan fingerprint density at radius 1 is 0.917 bits per heavy atom. The molecule has 5 heteroatoms. The highest BCUT2D eigenvalue weighted by Gasteiger charge is 2.18. The van der Waals surface area contributed by atoms with Gasteiger partial charge in [-0.2, -0.15) is 0 Å². The Morgan fingerprint density at radius 3 is 2.38 bits per heavy atom. The van der Waals surface area contributed by atoms with Crippen molar-refractivity contribution in [1.82, 2.24) is 0 Å². The maximum absolute atomic E-state index is 13.0. The van der Waals surface area contributed by atoms with Crippen LogP contribution in [0.2, 0.25) is 0 Å². The number of benzene rings is 3. The van der Waals surface area contributed by atoms with Crippen LogP contribution in [0.3, 0.4) is 0 Å². The van der Waals surface area contributed by atoms with E-state index in [-0.39, 0.29) is 11.6 Å². The fourth-order valence-corrected chi connectivity index (χ4v) is 4.56. The largest absolute Gasteiger partial charge is 0.283 e. The Hall–Kier alpha value is -2.40. The maximum atomic E-state index is 13.0. The van der Waals surface area contributed by atoms with E-state index < -0.39 is 10.0 Å². The lowest BCUT2D eigenvalue weighted by molar-refractivity contribution is 0.600. The molecule has 0 bridgehead atoms. The van der Waals surface area contributed by atoms with Crippen LogP contribution in [0.25, 0.3) is 10.8 Å². The first-order valence-corrected chi connectivity index (χ1v) is 9.45. The van der Waals surface area contributed by atoms with Crippen LogP contribution in [0, 0.1) is 5.82 Å². The van der Waals surface area contributed by atoms with Gasteiger partial charge in [0.25, 0.3) is 0 Å². The molecule has 0 heterocycles. The summed E-state index contributed by atoms with van der Waals surface area (Å²) in [5, 5.41) is 2.10. The number of aryl methyl sites for hydroxylation is 2. The number of rotatable bonds is 4. The minimum absolute atomic E-state index is 0.184. The van der Waals surface area contributed by atoms with Gasteiger partial charge in [0.15, 0.2) is 0 Å². The summed E-state index contributed by atoms with van der Waals surface area (Å²) >= 11 is 0. The Morgan fingerprint density at radius 2 is 1.62 bits per heavy atom. The first-order valence-electron chi connectivity index (χ1n) is 7.80. The van der Waals surface area contributed by atoms with Crippen LogP contribution in [-0.2, 0) is 28.6 Å². The molecule has 122 valence electrons. The van der Waals surface area contributed by atoms with E-state index in [1.807, 2.05) is 24.3 Å². The molecule has 0 saturated heterocycles. The number of halogens is 1. The molecule has 0 fully saturated rings. The second-order valence-electron chi connectivity index (χ2n) is 6.10. The van der Waals surface area contributed by atoms with Gasteiger partial charge in [-0.3, -0.25) is 4.72 Å². The molecule has 0 radical (unpaired) electrons. The smallest absolute Gasteiger partial charge is 0.236 e. The van der Waals surface area contributed by atoms with Gasteiger partial charge in [0, 0.05) is 5.39 Å². The Bertz CT molecular complexity index is 1020. The molecule has 3 nitrogen and oxygen atoms in total. The first kappa shape index (κ1) is 15.1. The third kappa shape index (κ3) is 2.76. The van der Waals surface area contributed by atoms with Crippen molar-refractivity contribution in [2.45, 2.75) is 18.6 Å². The highest BCUT2D eigenvalue weighted by atomic mass is 32.2. The number of hydrogen-bond donors (Lipinski definition) is 1. The average Bonchev–Trinajstić information content (AvgIpc) is 2.97. The maximum Gasteiger partial charge on any atom is 0.236 e. The molecule has 0 unspecified atom stereocenters. The lowest BCUT2D eigenvalue weighted by atomic mass is 10.0. The van der Waals surface area contributed by atoms with Gasteiger partial charge in [0.05, 0.1) is 11.4 Å². The van der Waals surface area contributed by atoms with E-state index in [1.165, 1.54) is 40.8 Å². The molecule has 0 spiro atoms. The monoisotopic (exact) mass is 341 g/mol. The van der Waals surface area contributed by atoms with Crippen LogP contribution in [0.5, 0.6) is 0 Å². The van der Waals surface area contributed by atoms with Crippen molar-refractivity contribution in [3.63, 3.8) is 0 Å². The Balaban J connectivity index is 1.68. The highest BCUT2D eigenvalue weighted by Crippen LogP contribution is 2.35. The SMILES string of the molecule is O=S(=O)(Cc1ccc(F)cc1)Nc1ccc2c3c(cccc13)CC2. The van der Waals surface area contributed by atoms with Crippen LogP contribution >= 0.6 is 0 Å². The van der Waals surface area contributed by atoms with Gasteiger partial charge in [-0.1, -0.05) is 36.4 Å². The molecular weight excluding hydrogens is 325 g/mol. The lowest BCUT2D eigenvalue weighted by Crippen LogP contribution is -2.15. The third-order valence-electron chi connectivity index (χ3n) is 4.41. The zero-order chi connectivity index (χ0) is 16.7. The summed E-state index contributed by atoms with van der Waals surface area (Å²) in [6.45, 7) is 0. The molecule has 0 aromatic heterocycles. The number of nitrogens with one attached hydrogen (secondary N) is 1. The second-order valence-corrected chi connectivity index (χ2v) is 7.82. The first-order chi connectivity index (χ1) is 11.5. The van der Waals surface area contributed by atoms with E-state index in [1.54, 1.807) is 0 Å². The molecule has 3 aromatic carbocycles. The quantitative estimate of drug-likeness (QED) is 0.779. The van der Waals surface area contributed by atoms with Gasteiger partial charge in [-0.15, -0.1) is 0 Å². The average molecular weight is 341 g/mol. The van der Waals surface area contributed by atoms with Gasteiger partial charge in [-0.05, 0) is 53.1 Å². The predicted octanol–water partition coefficient (Wildman–Crippen LogP) is 4.02. The molecule has 0 atom stereocenters. The molecule has 1 aliphatic rings. The summed E-state index contributed by atoms with van der Waals surface area (Å²) in [4.78, 5) is 0. The molecule has 24 heavy (non-hydrogen) atoms. The fourth-order valence-electron chi connectivity index (χ4n) is 3.34. The second kappa shape index (κ2) is 5.60. The van der Waals surface area contributed by atoms with E-state index in [4.69, 9.17) is 0 Å². The van der Waals surface area contributed by atoms with Crippen LogP contribution in [0.15, 0.2) is 54.6 Å². The normalized spacial score (nSPS) is 13.4. The van der Waals surface area contributed by atoms with Gasteiger partial charge in [0.1, 0.15) is 5.82 Å². The molecule has 0 amide bonds. The summed E-state index contributed by atoms with van der Waals surface area (Å²) < 4.78 is 40.6. The molecular formula is C19H16FNO2S. The van der Waals surface area contributed by atoms with Gasteiger partial charge in [-0.25, -0.2) is 12.8 Å². The van der Waals surface area contributed by atoms with Crippen molar-refractivity contribution in [3.05, 3.63) is 77.1 Å². The van der Waals surface area contributed by atoms with Gasteiger partial charge >= 0.3 is 0 Å². The molecule has 3 aromatic rings. The molecule has 1 N–H and O–H groups in total. The summed E-state index contributed by atoms with van der Waals surface area (Å²) in [6, 6.07) is 15.3. The zero-order valence-corrected chi connectivity index (χ0v) is 13.7. The van der Waals surface area contributed by atoms with E-state index in [0.29, 0.717) is 11.3 Å². The Kier molecular flexibility index (Phi) is 3.53. The molecule has 4 rings (SSSR count). The summed E-state index contributed by atoms with van der Waals surface area (Å²) in [5.41, 5.74) is 3.68. The molecule has 0 saturated carbocycles. The number of anilines is 1. The fraction of sp³-hybridized carbons (Fsp3) is 0.158. The number of sulfonamides is 1. The van der Waals surface area contributed by atoms with E-state index >= 15 is 0 Å². The Labute approximate surface area is 140 Å².